The molecule has 0 unspecified atom stereocenters. The second kappa shape index (κ2) is 5.99. The van der Waals surface area contributed by atoms with Crippen LogP contribution in [0.15, 0.2) is 30.7 Å². The molecule has 0 radical (unpaired) electrons. The molecule has 4 nitrogen and oxygen atoms in total. The van der Waals surface area contributed by atoms with E-state index in [4.69, 9.17) is 0 Å². The number of pyridine rings is 2. The molecule has 1 saturated carbocycles. The molecule has 0 bridgehead atoms. The van der Waals surface area contributed by atoms with Crippen molar-refractivity contribution in [2.75, 3.05) is 6.54 Å². The molecule has 4 heteroatoms. The van der Waals surface area contributed by atoms with Gasteiger partial charge in [-0.25, -0.2) is 0 Å². The first kappa shape index (κ1) is 13.0. The van der Waals surface area contributed by atoms with Crippen LogP contribution in [0, 0.1) is 5.92 Å². The van der Waals surface area contributed by atoms with Crippen LogP contribution >= 0.6 is 0 Å². The van der Waals surface area contributed by atoms with Crippen molar-refractivity contribution >= 4 is 16.8 Å². The van der Waals surface area contributed by atoms with Gasteiger partial charge in [0.05, 0.1) is 11.1 Å². The smallest absolute Gasteiger partial charge is 0.252 e. The maximum atomic E-state index is 12.3. The molecule has 2 aromatic rings. The Morgan fingerprint density at radius 3 is 2.95 bits per heavy atom. The fraction of sp³-hybridized carbons (Fsp3) is 0.438. The molecule has 0 saturated heterocycles. The molecule has 3 rings (SSSR count). The van der Waals surface area contributed by atoms with Gasteiger partial charge in [0.15, 0.2) is 0 Å². The summed E-state index contributed by atoms with van der Waals surface area (Å²) in [6.45, 7) is 0.758. The Balaban J connectivity index is 1.66. The van der Waals surface area contributed by atoms with Gasteiger partial charge in [-0.1, -0.05) is 25.7 Å². The minimum atomic E-state index is -0.0246. The minimum Gasteiger partial charge on any atom is -0.352 e. The van der Waals surface area contributed by atoms with Crippen molar-refractivity contribution in [1.29, 1.82) is 0 Å². The zero-order chi connectivity index (χ0) is 13.8. The highest BCUT2D eigenvalue weighted by atomic mass is 16.1. The summed E-state index contributed by atoms with van der Waals surface area (Å²) in [5.74, 6) is 0.773. The molecule has 1 aliphatic rings. The number of hydrogen-bond acceptors (Lipinski definition) is 3. The highest BCUT2D eigenvalue weighted by Crippen LogP contribution is 2.27. The van der Waals surface area contributed by atoms with Crippen molar-refractivity contribution in [2.45, 2.75) is 32.1 Å². The molecule has 2 aromatic heterocycles. The van der Waals surface area contributed by atoms with Gasteiger partial charge in [0.25, 0.3) is 5.91 Å². The Hall–Kier alpha value is -1.97. The number of aromatic nitrogens is 2. The fourth-order valence-electron chi connectivity index (χ4n) is 2.97. The van der Waals surface area contributed by atoms with Gasteiger partial charge in [-0.3, -0.25) is 14.8 Å². The van der Waals surface area contributed by atoms with Crippen molar-refractivity contribution in [3.63, 3.8) is 0 Å². The number of hydrogen-bond donors (Lipinski definition) is 1. The monoisotopic (exact) mass is 269 g/mol. The van der Waals surface area contributed by atoms with Crippen LogP contribution in [0.1, 0.15) is 42.5 Å². The molecule has 1 N–H and O–H groups in total. The molecule has 0 aliphatic heterocycles. The fourth-order valence-corrected chi connectivity index (χ4v) is 2.97. The Morgan fingerprint density at radius 2 is 2.10 bits per heavy atom. The van der Waals surface area contributed by atoms with Crippen LogP contribution in [0.4, 0.5) is 0 Å². The van der Waals surface area contributed by atoms with Gasteiger partial charge < -0.3 is 5.32 Å². The number of nitrogens with zero attached hydrogens (tertiary/aromatic N) is 2. The summed E-state index contributed by atoms with van der Waals surface area (Å²) in [5.41, 5.74) is 1.47. The van der Waals surface area contributed by atoms with Gasteiger partial charge >= 0.3 is 0 Å². The maximum absolute atomic E-state index is 12.3. The molecule has 0 atom stereocenters. The van der Waals surface area contributed by atoms with Gasteiger partial charge in [-0.05, 0) is 24.5 Å². The van der Waals surface area contributed by atoms with E-state index in [1.54, 1.807) is 24.7 Å². The third-order valence-electron chi connectivity index (χ3n) is 4.10. The van der Waals surface area contributed by atoms with Crippen molar-refractivity contribution in [3.05, 3.63) is 36.3 Å². The van der Waals surface area contributed by atoms with Crippen LogP contribution in [-0.2, 0) is 0 Å². The zero-order valence-electron chi connectivity index (χ0n) is 11.5. The average molecular weight is 269 g/mol. The number of carbonyl (C=O) groups is 1. The van der Waals surface area contributed by atoms with Crippen molar-refractivity contribution in [2.24, 2.45) is 5.92 Å². The van der Waals surface area contributed by atoms with E-state index in [2.05, 4.69) is 15.3 Å². The van der Waals surface area contributed by atoms with E-state index in [0.717, 1.165) is 29.8 Å². The number of rotatable bonds is 4. The first-order valence-corrected chi connectivity index (χ1v) is 7.31. The van der Waals surface area contributed by atoms with E-state index in [-0.39, 0.29) is 5.91 Å². The molecular formula is C16H19N3O. The molecule has 1 fully saturated rings. The number of nitrogens with one attached hydrogen (secondary N) is 1. The second-order valence-electron chi connectivity index (χ2n) is 5.45. The third kappa shape index (κ3) is 2.79. The quantitative estimate of drug-likeness (QED) is 0.928. The molecule has 0 spiro atoms. The first-order chi connectivity index (χ1) is 9.84. The Morgan fingerprint density at radius 1 is 1.25 bits per heavy atom. The molecule has 2 heterocycles. The standard InChI is InChI=1S/C16H19N3O/c20-16(19-9-5-12-3-1-2-4-12)13-6-10-18-15-7-8-17-11-14(13)15/h6-8,10-12H,1-5,9H2,(H,19,20). The lowest BCUT2D eigenvalue weighted by molar-refractivity contribution is 0.0953. The normalized spacial score (nSPS) is 15.6. The van der Waals surface area contributed by atoms with Crippen LogP contribution in [-0.4, -0.2) is 22.4 Å². The van der Waals surface area contributed by atoms with Gasteiger partial charge in [0.2, 0.25) is 0 Å². The number of fused-ring (bicyclic) bond motifs is 1. The van der Waals surface area contributed by atoms with Crippen molar-refractivity contribution in [3.8, 4) is 0 Å². The lowest BCUT2D eigenvalue weighted by atomic mass is 10.0. The summed E-state index contributed by atoms with van der Waals surface area (Å²) in [5, 5.41) is 3.84. The minimum absolute atomic E-state index is 0.0246. The molecule has 1 amide bonds. The SMILES string of the molecule is O=C(NCCC1CCCC1)c1ccnc2ccncc12. The number of amides is 1. The first-order valence-electron chi connectivity index (χ1n) is 7.31. The molecule has 104 valence electrons. The molecule has 0 aromatic carbocycles. The van der Waals surface area contributed by atoms with E-state index in [9.17, 15) is 4.79 Å². The van der Waals surface area contributed by atoms with Gasteiger partial charge in [0.1, 0.15) is 0 Å². The van der Waals surface area contributed by atoms with Crippen LogP contribution in [0.3, 0.4) is 0 Å². The van der Waals surface area contributed by atoms with Crippen LogP contribution in [0.5, 0.6) is 0 Å². The van der Waals surface area contributed by atoms with Crippen molar-refractivity contribution in [1.82, 2.24) is 15.3 Å². The Kier molecular flexibility index (Phi) is 3.90. The maximum Gasteiger partial charge on any atom is 0.252 e. The highest BCUT2D eigenvalue weighted by Gasteiger charge is 2.15. The summed E-state index contributed by atoms with van der Waals surface area (Å²) >= 11 is 0. The highest BCUT2D eigenvalue weighted by molar-refractivity contribution is 6.05. The summed E-state index contributed by atoms with van der Waals surface area (Å²) in [7, 11) is 0. The summed E-state index contributed by atoms with van der Waals surface area (Å²) in [6.07, 6.45) is 11.5. The van der Waals surface area contributed by atoms with Gasteiger partial charge in [0, 0.05) is 30.5 Å². The predicted molar refractivity (Wildman–Crippen MR) is 78.4 cm³/mol. The topological polar surface area (TPSA) is 54.9 Å². The van der Waals surface area contributed by atoms with Crippen LogP contribution < -0.4 is 5.32 Å². The summed E-state index contributed by atoms with van der Waals surface area (Å²) < 4.78 is 0. The zero-order valence-corrected chi connectivity index (χ0v) is 11.5. The van der Waals surface area contributed by atoms with Gasteiger partial charge in [-0.15, -0.1) is 0 Å². The van der Waals surface area contributed by atoms with Crippen LogP contribution in [0.25, 0.3) is 10.9 Å². The second-order valence-corrected chi connectivity index (χ2v) is 5.45. The average Bonchev–Trinajstić information content (AvgIpc) is 3.00. The lowest BCUT2D eigenvalue weighted by Crippen LogP contribution is -2.25. The Bertz CT molecular complexity index is 600. The van der Waals surface area contributed by atoms with Gasteiger partial charge in [-0.2, -0.15) is 0 Å². The predicted octanol–water partition coefficient (Wildman–Crippen LogP) is 2.94. The molecule has 20 heavy (non-hydrogen) atoms. The van der Waals surface area contributed by atoms with E-state index in [0.29, 0.717) is 5.56 Å². The Labute approximate surface area is 118 Å². The van der Waals surface area contributed by atoms with E-state index < -0.39 is 0 Å². The molecular weight excluding hydrogens is 250 g/mol. The number of carbonyl (C=O) groups excluding carboxylic acids is 1. The van der Waals surface area contributed by atoms with Crippen molar-refractivity contribution < 1.29 is 4.79 Å². The van der Waals surface area contributed by atoms with E-state index in [1.165, 1.54) is 25.7 Å². The summed E-state index contributed by atoms with van der Waals surface area (Å²) in [6, 6.07) is 3.58. The lowest BCUT2D eigenvalue weighted by Gasteiger charge is -2.10. The summed E-state index contributed by atoms with van der Waals surface area (Å²) in [4.78, 5) is 20.6. The van der Waals surface area contributed by atoms with Crippen LogP contribution in [0.2, 0.25) is 0 Å². The third-order valence-corrected chi connectivity index (χ3v) is 4.10. The van der Waals surface area contributed by atoms with E-state index in [1.807, 2.05) is 6.07 Å². The molecule has 1 aliphatic carbocycles. The van der Waals surface area contributed by atoms with E-state index >= 15 is 0 Å². The largest absolute Gasteiger partial charge is 0.352 e.